The SMILES string of the molecule is Cc1noc(C)c1-c1cnc2c(-c3cnn(C(F)F)c3)cn(CC3CC(F)(F)C3)c2c1. The van der Waals surface area contributed by atoms with Crippen LogP contribution in [-0.4, -0.2) is 30.4 Å². The van der Waals surface area contributed by atoms with E-state index in [9.17, 15) is 17.6 Å². The highest BCUT2D eigenvalue weighted by molar-refractivity contribution is 5.94. The highest BCUT2D eigenvalue weighted by atomic mass is 19.3. The molecule has 4 heterocycles. The molecule has 162 valence electrons. The quantitative estimate of drug-likeness (QED) is 0.384. The second-order valence-electron chi connectivity index (χ2n) is 8.10. The fourth-order valence-electron chi connectivity index (χ4n) is 4.34. The molecule has 1 fully saturated rings. The van der Waals surface area contributed by atoms with Gasteiger partial charge in [-0.1, -0.05) is 5.16 Å². The zero-order chi connectivity index (χ0) is 21.9. The van der Waals surface area contributed by atoms with Gasteiger partial charge in [0.1, 0.15) is 5.76 Å². The topological polar surface area (TPSA) is 61.7 Å². The van der Waals surface area contributed by atoms with Crippen LogP contribution < -0.4 is 0 Å². The molecule has 1 aliphatic carbocycles. The minimum absolute atomic E-state index is 0.162. The predicted octanol–water partition coefficient (Wildman–Crippen LogP) is 5.61. The van der Waals surface area contributed by atoms with Crippen LogP contribution in [0.25, 0.3) is 33.3 Å². The fourth-order valence-corrected chi connectivity index (χ4v) is 4.34. The van der Waals surface area contributed by atoms with Crippen molar-refractivity contribution in [1.82, 2.24) is 24.5 Å². The van der Waals surface area contributed by atoms with Crippen molar-refractivity contribution < 1.29 is 22.1 Å². The average molecular weight is 433 g/mol. The normalized spacial score (nSPS) is 16.4. The summed E-state index contributed by atoms with van der Waals surface area (Å²) >= 11 is 0. The highest BCUT2D eigenvalue weighted by Gasteiger charge is 2.45. The monoisotopic (exact) mass is 433 g/mol. The van der Waals surface area contributed by atoms with Crippen LogP contribution in [0.5, 0.6) is 0 Å². The second-order valence-corrected chi connectivity index (χ2v) is 8.10. The van der Waals surface area contributed by atoms with Crippen LogP contribution in [0.15, 0.2) is 35.4 Å². The number of pyridine rings is 1. The Balaban J connectivity index is 1.62. The first-order valence-electron chi connectivity index (χ1n) is 9.84. The number of hydrogen-bond donors (Lipinski definition) is 0. The van der Waals surface area contributed by atoms with E-state index in [4.69, 9.17) is 4.52 Å². The molecule has 0 spiro atoms. The Morgan fingerprint density at radius 3 is 2.55 bits per heavy atom. The Labute approximate surface area is 174 Å². The van der Waals surface area contributed by atoms with Gasteiger partial charge in [0.05, 0.1) is 22.9 Å². The van der Waals surface area contributed by atoms with Crippen LogP contribution in [0.4, 0.5) is 17.6 Å². The van der Waals surface area contributed by atoms with E-state index in [0.29, 0.717) is 39.3 Å². The number of hydrogen-bond acceptors (Lipinski definition) is 4. The molecule has 6 nitrogen and oxygen atoms in total. The van der Waals surface area contributed by atoms with Crippen LogP contribution >= 0.6 is 0 Å². The van der Waals surface area contributed by atoms with Gasteiger partial charge in [-0.2, -0.15) is 13.9 Å². The summed E-state index contributed by atoms with van der Waals surface area (Å²) in [5.74, 6) is -2.13. The van der Waals surface area contributed by atoms with E-state index in [-0.39, 0.29) is 18.8 Å². The maximum Gasteiger partial charge on any atom is 0.333 e. The Morgan fingerprint density at radius 2 is 1.94 bits per heavy atom. The summed E-state index contributed by atoms with van der Waals surface area (Å²) in [5, 5.41) is 7.69. The Hall–Kier alpha value is -3.17. The fraction of sp³-hybridized carbons (Fsp3) is 0.381. The standard InChI is InChI=1S/C21H19F4N5O/c1-11-18(12(2)31-28-11)14-3-17-19(26-6-14)16(15-7-27-30(9-15)20(22)23)10-29(17)8-13-4-21(24,25)5-13/h3,6-7,9-10,13,20H,4-5,8H2,1-2H3. The Bertz CT molecular complexity index is 1240. The van der Waals surface area contributed by atoms with Crippen molar-refractivity contribution in [3.63, 3.8) is 0 Å². The van der Waals surface area contributed by atoms with Gasteiger partial charge in [0, 0.05) is 60.2 Å². The third kappa shape index (κ3) is 3.39. The van der Waals surface area contributed by atoms with E-state index in [1.54, 1.807) is 19.3 Å². The molecule has 4 aromatic rings. The lowest BCUT2D eigenvalue weighted by Gasteiger charge is -2.35. The number of halogens is 4. The molecule has 1 saturated carbocycles. The molecule has 0 amide bonds. The smallest absolute Gasteiger partial charge is 0.333 e. The second kappa shape index (κ2) is 6.93. The van der Waals surface area contributed by atoms with Gasteiger partial charge in [-0.05, 0) is 25.8 Å². The third-order valence-corrected chi connectivity index (χ3v) is 5.78. The van der Waals surface area contributed by atoms with Crippen LogP contribution in [0.3, 0.4) is 0 Å². The number of nitrogens with zero attached hydrogens (tertiary/aromatic N) is 5. The van der Waals surface area contributed by atoms with Crippen molar-refractivity contribution in [1.29, 1.82) is 0 Å². The third-order valence-electron chi connectivity index (χ3n) is 5.78. The Kier molecular flexibility index (Phi) is 4.42. The van der Waals surface area contributed by atoms with Crippen LogP contribution in [0, 0.1) is 19.8 Å². The molecule has 0 unspecified atom stereocenters. The molecule has 4 aromatic heterocycles. The van der Waals surface area contributed by atoms with Gasteiger partial charge in [-0.25, -0.2) is 13.5 Å². The minimum atomic E-state index is -2.75. The molecule has 0 radical (unpaired) electrons. The summed E-state index contributed by atoms with van der Waals surface area (Å²) in [6.45, 7) is 1.27. The first kappa shape index (κ1) is 19.8. The molecule has 0 saturated heterocycles. The van der Waals surface area contributed by atoms with Gasteiger partial charge in [0.25, 0.3) is 0 Å². The zero-order valence-electron chi connectivity index (χ0n) is 16.8. The number of fused-ring (bicyclic) bond motifs is 1. The van der Waals surface area contributed by atoms with E-state index in [1.165, 1.54) is 12.4 Å². The molecule has 0 aliphatic heterocycles. The van der Waals surface area contributed by atoms with Gasteiger partial charge < -0.3 is 9.09 Å². The Morgan fingerprint density at radius 1 is 1.16 bits per heavy atom. The van der Waals surface area contributed by atoms with E-state index in [2.05, 4.69) is 15.2 Å². The van der Waals surface area contributed by atoms with Crippen molar-refractivity contribution in [3.8, 4) is 22.3 Å². The van der Waals surface area contributed by atoms with Gasteiger partial charge in [-0.3, -0.25) is 4.98 Å². The average Bonchev–Trinajstić information content (AvgIpc) is 3.38. The van der Waals surface area contributed by atoms with E-state index in [1.807, 2.05) is 17.6 Å². The molecule has 0 aromatic carbocycles. The van der Waals surface area contributed by atoms with Gasteiger partial charge in [0.15, 0.2) is 0 Å². The maximum absolute atomic E-state index is 13.4. The van der Waals surface area contributed by atoms with Crippen molar-refractivity contribution in [3.05, 3.63) is 42.3 Å². The van der Waals surface area contributed by atoms with Crippen molar-refractivity contribution in [2.24, 2.45) is 5.92 Å². The van der Waals surface area contributed by atoms with Crippen LogP contribution in [0.1, 0.15) is 30.8 Å². The lowest BCUT2D eigenvalue weighted by molar-refractivity contribution is -0.113. The number of aromatic nitrogens is 5. The van der Waals surface area contributed by atoms with Crippen LogP contribution in [0.2, 0.25) is 0 Å². The summed E-state index contributed by atoms with van der Waals surface area (Å²) in [4.78, 5) is 4.59. The number of aryl methyl sites for hydroxylation is 2. The summed E-state index contributed by atoms with van der Waals surface area (Å²) in [7, 11) is 0. The van der Waals surface area contributed by atoms with Gasteiger partial charge >= 0.3 is 6.55 Å². The van der Waals surface area contributed by atoms with E-state index < -0.39 is 12.5 Å². The lowest BCUT2D eigenvalue weighted by atomic mass is 9.81. The first-order valence-corrected chi connectivity index (χ1v) is 9.84. The van der Waals surface area contributed by atoms with Gasteiger partial charge in [0.2, 0.25) is 5.92 Å². The summed E-state index contributed by atoms with van der Waals surface area (Å²) in [5.41, 5.74) is 4.76. The van der Waals surface area contributed by atoms with E-state index in [0.717, 1.165) is 16.6 Å². The molecule has 10 heteroatoms. The number of alkyl halides is 4. The van der Waals surface area contributed by atoms with Crippen molar-refractivity contribution in [2.75, 3.05) is 0 Å². The summed E-state index contributed by atoms with van der Waals surface area (Å²) in [6.07, 6.45) is 5.73. The van der Waals surface area contributed by atoms with Crippen LogP contribution in [-0.2, 0) is 6.54 Å². The molecule has 0 atom stereocenters. The molecule has 1 aliphatic rings. The van der Waals surface area contributed by atoms with Crippen molar-refractivity contribution >= 4 is 11.0 Å². The number of rotatable bonds is 5. The minimum Gasteiger partial charge on any atom is -0.361 e. The summed E-state index contributed by atoms with van der Waals surface area (Å²) in [6, 6.07) is 1.91. The predicted molar refractivity (Wildman–Crippen MR) is 105 cm³/mol. The maximum atomic E-state index is 13.4. The molecule has 0 N–H and O–H groups in total. The van der Waals surface area contributed by atoms with E-state index >= 15 is 0 Å². The van der Waals surface area contributed by atoms with Gasteiger partial charge in [-0.15, -0.1) is 0 Å². The largest absolute Gasteiger partial charge is 0.361 e. The molecule has 5 rings (SSSR count). The summed E-state index contributed by atoms with van der Waals surface area (Å²) < 4.78 is 60.4. The lowest BCUT2D eigenvalue weighted by Crippen LogP contribution is -2.37. The zero-order valence-corrected chi connectivity index (χ0v) is 16.8. The molecule has 0 bridgehead atoms. The molecular formula is C21H19F4N5O. The highest BCUT2D eigenvalue weighted by Crippen LogP contribution is 2.44. The first-order chi connectivity index (χ1) is 14.7. The van der Waals surface area contributed by atoms with Crippen molar-refractivity contribution in [2.45, 2.75) is 45.7 Å². The molecule has 31 heavy (non-hydrogen) atoms. The molecular weight excluding hydrogens is 414 g/mol.